The number of hydrogen-bond acceptors (Lipinski definition) is 2. The van der Waals surface area contributed by atoms with E-state index in [1.54, 1.807) is 12.1 Å². The van der Waals surface area contributed by atoms with Crippen molar-refractivity contribution in [2.45, 2.75) is 25.3 Å². The van der Waals surface area contributed by atoms with Gasteiger partial charge in [0, 0.05) is 12.1 Å². The molecular weight excluding hydrogens is 327 g/mol. The van der Waals surface area contributed by atoms with E-state index < -0.39 is 11.9 Å². The number of aromatic nitrogens is 2. The van der Waals surface area contributed by atoms with Crippen LogP contribution in [-0.4, -0.2) is 20.6 Å². The highest BCUT2D eigenvalue weighted by Crippen LogP contribution is 2.37. The van der Waals surface area contributed by atoms with Gasteiger partial charge in [-0.15, -0.1) is 0 Å². The van der Waals surface area contributed by atoms with Crippen molar-refractivity contribution in [3.63, 3.8) is 0 Å². The summed E-state index contributed by atoms with van der Waals surface area (Å²) in [6.45, 7) is 0.727. The van der Waals surface area contributed by atoms with Crippen LogP contribution in [0.4, 0.5) is 4.39 Å². The molecule has 20 heavy (non-hydrogen) atoms. The lowest BCUT2D eigenvalue weighted by atomic mass is 9.96. The van der Waals surface area contributed by atoms with E-state index in [9.17, 15) is 14.3 Å². The van der Waals surface area contributed by atoms with Crippen LogP contribution in [0.3, 0.4) is 0 Å². The summed E-state index contributed by atoms with van der Waals surface area (Å²) in [5.74, 6) is -1.00. The second-order valence-electron chi connectivity index (χ2n) is 4.80. The molecule has 0 amide bonds. The second-order valence-corrected chi connectivity index (χ2v) is 5.55. The predicted octanol–water partition coefficient (Wildman–Crippen LogP) is 3.41. The lowest BCUT2D eigenvalue weighted by Gasteiger charge is -2.22. The molecule has 1 N–H and O–H groups in total. The van der Waals surface area contributed by atoms with Gasteiger partial charge in [-0.25, -0.2) is 9.37 Å². The number of carbonyl (C=O) groups is 1. The summed E-state index contributed by atoms with van der Waals surface area (Å²) in [4.78, 5) is 15.8. The van der Waals surface area contributed by atoms with Gasteiger partial charge in [0.05, 0.1) is 11.6 Å². The molecule has 1 aliphatic heterocycles. The molecule has 104 valence electrons. The van der Waals surface area contributed by atoms with Gasteiger partial charge in [0.25, 0.3) is 0 Å². The first-order valence-electron chi connectivity index (χ1n) is 6.32. The summed E-state index contributed by atoms with van der Waals surface area (Å²) in [5, 5.41) is 9.31. The number of halogens is 2. The third kappa shape index (κ3) is 2.14. The van der Waals surface area contributed by atoms with Gasteiger partial charge < -0.3 is 9.67 Å². The van der Waals surface area contributed by atoms with Crippen LogP contribution in [0.1, 0.15) is 24.5 Å². The Bertz CT molecular complexity index is 667. The molecule has 1 aromatic carbocycles. The number of fused-ring (bicyclic) bond motifs is 1. The summed E-state index contributed by atoms with van der Waals surface area (Å²) in [6, 6.07) is 6.06. The molecule has 1 unspecified atom stereocenters. The number of carboxylic acid groups (broad SMARTS) is 1. The van der Waals surface area contributed by atoms with Crippen LogP contribution >= 0.6 is 15.9 Å². The Labute approximate surface area is 123 Å². The zero-order valence-corrected chi connectivity index (χ0v) is 12.1. The van der Waals surface area contributed by atoms with E-state index in [2.05, 4.69) is 20.9 Å². The Morgan fingerprint density at radius 2 is 2.10 bits per heavy atom. The Morgan fingerprint density at radius 1 is 1.40 bits per heavy atom. The first-order valence-corrected chi connectivity index (χ1v) is 7.12. The molecule has 6 heteroatoms. The van der Waals surface area contributed by atoms with Crippen LogP contribution in [0.25, 0.3) is 11.4 Å². The zero-order chi connectivity index (χ0) is 14.3. The molecule has 0 radical (unpaired) electrons. The molecule has 0 bridgehead atoms. The highest BCUT2D eigenvalue weighted by molar-refractivity contribution is 9.10. The van der Waals surface area contributed by atoms with E-state index in [0.717, 1.165) is 18.5 Å². The third-order valence-corrected chi connectivity index (χ3v) is 4.15. The molecule has 1 aliphatic rings. The highest BCUT2D eigenvalue weighted by atomic mass is 79.9. The lowest BCUT2D eigenvalue weighted by molar-refractivity contribution is -0.139. The number of aliphatic carboxylic acids is 1. The van der Waals surface area contributed by atoms with Crippen molar-refractivity contribution >= 4 is 21.9 Å². The quantitative estimate of drug-likeness (QED) is 0.912. The smallest absolute Gasteiger partial charge is 0.312 e. The average molecular weight is 339 g/mol. The van der Waals surface area contributed by atoms with E-state index in [1.807, 2.05) is 4.57 Å². The number of hydrogen-bond donors (Lipinski definition) is 1. The maximum Gasteiger partial charge on any atom is 0.312 e. The van der Waals surface area contributed by atoms with Gasteiger partial charge in [-0.2, -0.15) is 0 Å². The molecule has 0 fully saturated rings. The lowest BCUT2D eigenvalue weighted by Crippen LogP contribution is -2.22. The maximum atomic E-state index is 13.0. The monoisotopic (exact) mass is 338 g/mol. The predicted molar refractivity (Wildman–Crippen MR) is 74.9 cm³/mol. The Hall–Kier alpha value is -1.69. The fraction of sp³-hybridized carbons (Fsp3) is 0.286. The number of nitrogens with zero attached hydrogens (tertiary/aromatic N) is 2. The Morgan fingerprint density at radius 3 is 2.75 bits per heavy atom. The SMILES string of the molecule is O=C(O)C1CCCn2c(-c3ccc(F)cc3)nc(Br)c21. The molecule has 0 saturated heterocycles. The summed E-state index contributed by atoms with van der Waals surface area (Å²) in [6.07, 6.45) is 1.41. The number of carboxylic acids is 1. The van der Waals surface area contributed by atoms with Crippen LogP contribution in [0.5, 0.6) is 0 Å². The summed E-state index contributed by atoms with van der Waals surface area (Å²) in [7, 11) is 0. The average Bonchev–Trinajstić information content (AvgIpc) is 2.77. The molecule has 0 spiro atoms. The second kappa shape index (κ2) is 5.01. The maximum absolute atomic E-state index is 13.0. The van der Waals surface area contributed by atoms with Gasteiger partial charge in [0.15, 0.2) is 0 Å². The highest BCUT2D eigenvalue weighted by Gasteiger charge is 2.32. The van der Waals surface area contributed by atoms with Crippen molar-refractivity contribution in [1.29, 1.82) is 0 Å². The van der Waals surface area contributed by atoms with Gasteiger partial charge in [-0.3, -0.25) is 4.79 Å². The standard InChI is InChI=1S/C14H12BrFN2O2/c15-12-11-10(14(19)20)2-1-7-18(11)13(17-12)8-3-5-9(16)6-4-8/h3-6,10H,1-2,7H2,(H,19,20). The van der Waals surface area contributed by atoms with E-state index in [0.29, 0.717) is 22.5 Å². The first-order chi connectivity index (χ1) is 9.58. The van der Waals surface area contributed by atoms with Gasteiger partial charge in [0.2, 0.25) is 0 Å². The van der Waals surface area contributed by atoms with Crippen molar-refractivity contribution in [3.05, 3.63) is 40.4 Å². The van der Waals surface area contributed by atoms with Crippen molar-refractivity contribution in [3.8, 4) is 11.4 Å². The molecule has 2 heterocycles. The fourth-order valence-electron chi connectivity index (χ4n) is 2.64. The van der Waals surface area contributed by atoms with Crippen molar-refractivity contribution in [1.82, 2.24) is 9.55 Å². The Kier molecular flexibility index (Phi) is 3.33. The van der Waals surface area contributed by atoms with E-state index in [4.69, 9.17) is 0 Å². The Balaban J connectivity index is 2.13. The van der Waals surface area contributed by atoms with E-state index in [-0.39, 0.29) is 5.82 Å². The minimum absolute atomic E-state index is 0.304. The summed E-state index contributed by atoms with van der Waals surface area (Å²) < 4.78 is 15.5. The summed E-state index contributed by atoms with van der Waals surface area (Å²) >= 11 is 3.35. The van der Waals surface area contributed by atoms with Crippen molar-refractivity contribution < 1.29 is 14.3 Å². The topological polar surface area (TPSA) is 55.1 Å². The fourth-order valence-corrected chi connectivity index (χ4v) is 3.30. The van der Waals surface area contributed by atoms with Crippen LogP contribution in [0.2, 0.25) is 0 Å². The van der Waals surface area contributed by atoms with Crippen molar-refractivity contribution in [2.75, 3.05) is 0 Å². The number of benzene rings is 1. The van der Waals surface area contributed by atoms with E-state index in [1.165, 1.54) is 12.1 Å². The van der Waals surface area contributed by atoms with Gasteiger partial charge in [-0.05, 0) is 53.0 Å². The molecule has 1 atom stereocenters. The molecule has 0 aliphatic carbocycles. The van der Waals surface area contributed by atoms with Gasteiger partial charge >= 0.3 is 5.97 Å². The van der Waals surface area contributed by atoms with E-state index >= 15 is 0 Å². The molecule has 4 nitrogen and oxygen atoms in total. The minimum atomic E-state index is -0.836. The molecule has 0 saturated carbocycles. The minimum Gasteiger partial charge on any atom is -0.481 e. The van der Waals surface area contributed by atoms with Gasteiger partial charge in [-0.1, -0.05) is 0 Å². The third-order valence-electron chi connectivity index (χ3n) is 3.57. The molecule has 3 rings (SSSR count). The largest absolute Gasteiger partial charge is 0.481 e. The van der Waals surface area contributed by atoms with Crippen molar-refractivity contribution in [2.24, 2.45) is 0 Å². The van der Waals surface area contributed by atoms with Crippen LogP contribution < -0.4 is 0 Å². The normalized spacial score (nSPS) is 17.8. The van der Waals surface area contributed by atoms with Crippen LogP contribution in [0, 0.1) is 5.82 Å². The zero-order valence-electron chi connectivity index (χ0n) is 10.5. The van der Waals surface area contributed by atoms with Crippen LogP contribution in [-0.2, 0) is 11.3 Å². The molecule has 1 aromatic heterocycles. The van der Waals surface area contributed by atoms with Gasteiger partial charge in [0.1, 0.15) is 16.2 Å². The summed E-state index contributed by atoms with van der Waals surface area (Å²) in [5.41, 5.74) is 1.48. The molecular formula is C14H12BrFN2O2. The number of rotatable bonds is 2. The molecule has 2 aromatic rings. The number of imidazole rings is 1. The van der Waals surface area contributed by atoms with Crippen LogP contribution in [0.15, 0.2) is 28.9 Å². The first kappa shape index (κ1) is 13.3.